The highest BCUT2D eigenvalue weighted by atomic mass is 32.1. The van der Waals surface area contributed by atoms with Crippen LogP contribution in [0.4, 0.5) is 5.13 Å². The van der Waals surface area contributed by atoms with Gasteiger partial charge >= 0.3 is 0 Å². The molecule has 0 saturated carbocycles. The van der Waals surface area contributed by atoms with E-state index in [1.807, 2.05) is 4.90 Å². The molecule has 0 unspecified atom stereocenters. The fourth-order valence-corrected chi connectivity index (χ4v) is 4.51. The van der Waals surface area contributed by atoms with Crippen LogP contribution in [0.15, 0.2) is 29.6 Å². The van der Waals surface area contributed by atoms with Crippen LogP contribution in [0.25, 0.3) is 0 Å². The Morgan fingerprint density at radius 2 is 1.79 bits per heavy atom. The number of carbonyl (C=O) groups excluding carboxylic acids is 1. The number of anilines is 1. The van der Waals surface area contributed by atoms with Crippen LogP contribution in [-0.4, -0.2) is 73.2 Å². The number of carbonyl (C=O) groups is 1. The summed E-state index contributed by atoms with van der Waals surface area (Å²) in [7, 11) is 0. The molecule has 1 amide bonds. The van der Waals surface area contributed by atoms with E-state index < -0.39 is 0 Å². The number of rotatable bonds is 5. The van der Waals surface area contributed by atoms with Gasteiger partial charge in [-0.05, 0) is 12.5 Å². The van der Waals surface area contributed by atoms with E-state index in [0.717, 1.165) is 75.4 Å². The number of morpholine rings is 1. The SMILES string of the molecule is Cc1ccc(CC(=O)N2CCN(c3nc(CN4CCOCC4)cs3)CC2)cc1. The Labute approximate surface area is 170 Å². The Hall–Kier alpha value is -1.96. The van der Waals surface area contributed by atoms with Gasteiger partial charge in [0.05, 0.1) is 25.3 Å². The quantitative estimate of drug-likeness (QED) is 0.770. The van der Waals surface area contributed by atoms with Gasteiger partial charge in [-0.2, -0.15) is 0 Å². The van der Waals surface area contributed by atoms with E-state index in [9.17, 15) is 4.79 Å². The van der Waals surface area contributed by atoms with E-state index in [1.54, 1.807) is 11.3 Å². The van der Waals surface area contributed by atoms with Gasteiger partial charge in [0.25, 0.3) is 0 Å². The summed E-state index contributed by atoms with van der Waals surface area (Å²) >= 11 is 1.71. The average molecular weight is 401 g/mol. The summed E-state index contributed by atoms with van der Waals surface area (Å²) in [5, 5.41) is 3.24. The molecule has 2 fully saturated rings. The second-order valence-electron chi connectivity index (χ2n) is 7.54. The van der Waals surface area contributed by atoms with E-state index >= 15 is 0 Å². The van der Waals surface area contributed by atoms with Crippen molar-refractivity contribution in [3.05, 3.63) is 46.5 Å². The molecule has 2 aliphatic rings. The van der Waals surface area contributed by atoms with Crippen LogP contribution in [0.1, 0.15) is 16.8 Å². The number of ether oxygens (including phenoxy) is 1. The molecule has 4 rings (SSSR count). The maximum atomic E-state index is 12.6. The van der Waals surface area contributed by atoms with Crippen LogP contribution in [0.5, 0.6) is 0 Å². The van der Waals surface area contributed by atoms with Crippen molar-refractivity contribution in [2.24, 2.45) is 0 Å². The number of thiazole rings is 1. The van der Waals surface area contributed by atoms with Gasteiger partial charge in [0.2, 0.25) is 5.91 Å². The molecule has 28 heavy (non-hydrogen) atoms. The van der Waals surface area contributed by atoms with Crippen LogP contribution >= 0.6 is 11.3 Å². The molecule has 0 radical (unpaired) electrons. The maximum Gasteiger partial charge on any atom is 0.227 e. The van der Waals surface area contributed by atoms with Crippen molar-refractivity contribution < 1.29 is 9.53 Å². The molecule has 2 saturated heterocycles. The van der Waals surface area contributed by atoms with E-state index in [1.165, 1.54) is 5.56 Å². The lowest BCUT2D eigenvalue weighted by Crippen LogP contribution is -2.49. The molecule has 0 aliphatic carbocycles. The van der Waals surface area contributed by atoms with E-state index in [4.69, 9.17) is 9.72 Å². The molecule has 3 heterocycles. The molecule has 1 aromatic carbocycles. The first kappa shape index (κ1) is 19.4. The highest BCUT2D eigenvalue weighted by molar-refractivity contribution is 7.13. The van der Waals surface area contributed by atoms with Gasteiger partial charge in [-0.15, -0.1) is 11.3 Å². The summed E-state index contributed by atoms with van der Waals surface area (Å²) in [6.45, 7) is 9.79. The fraction of sp³-hybridized carbons (Fsp3) is 0.524. The number of benzene rings is 1. The first-order valence-electron chi connectivity index (χ1n) is 10.0. The summed E-state index contributed by atoms with van der Waals surface area (Å²) in [6, 6.07) is 8.24. The van der Waals surface area contributed by atoms with Crippen molar-refractivity contribution in [1.29, 1.82) is 0 Å². The Morgan fingerprint density at radius 1 is 1.07 bits per heavy atom. The number of hydrogen-bond acceptors (Lipinski definition) is 6. The number of nitrogens with zero attached hydrogens (tertiary/aromatic N) is 4. The minimum atomic E-state index is 0.218. The van der Waals surface area contributed by atoms with E-state index in [0.29, 0.717) is 6.42 Å². The summed E-state index contributed by atoms with van der Waals surface area (Å²) in [5.41, 5.74) is 3.45. The van der Waals surface area contributed by atoms with Crippen LogP contribution in [0.3, 0.4) is 0 Å². The molecule has 0 atom stereocenters. The lowest BCUT2D eigenvalue weighted by molar-refractivity contribution is -0.130. The Kier molecular flexibility index (Phi) is 6.24. The molecule has 0 spiro atoms. The largest absolute Gasteiger partial charge is 0.379 e. The standard InChI is InChI=1S/C21H28N4O2S/c1-17-2-4-18(5-3-17)14-20(26)24-6-8-25(9-7-24)21-22-19(16-28-21)15-23-10-12-27-13-11-23/h2-5,16H,6-15H2,1H3. The molecule has 6 nitrogen and oxygen atoms in total. The Morgan fingerprint density at radius 3 is 2.50 bits per heavy atom. The van der Waals surface area contributed by atoms with Gasteiger partial charge < -0.3 is 14.5 Å². The predicted octanol–water partition coefficient (Wildman–Crippen LogP) is 2.18. The third kappa shape index (κ3) is 4.90. The van der Waals surface area contributed by atoms with Crippen LogP contribution in [-0.2, 0) is 22.5 Å². The monoisotopic (exact) mass is 400 g/mol. The van der Waals surface area contributed by atoms with Crippen molar-refractivity contribution in [3.8, 4) is 0 Å². The van der Waals surface area contributed by atoms with Crippen molar-refractivity contribution in [3.63, 3.8) is 0 Å². The highest BCUT2D eigenvalue weighted by Gasteiger charge is 2.23. The molecule has 0 bridgehead atoms. The minimum absolute atomic E-state index is 0.218. The van der Waals surface area contributed by atoms with Crippen molar-refractivity contribution in [1.82, 2.24) is 14.8 Å². The predicted molar refractivity (Wildman–Crippen MR) is 112 cm³/mol. The number of amides is 1. The first-order valence-corrected chi connectivity index (χ1v) is 10.9. The zero-order valence-corrected chi connectivity index (χ0v) is 17.3. The van der Waals surface area contributed by atoms with Crippen LogP contribution in [0, 0.1) is 6.92 Å². The lowest BCUT2D eigenvalue weighted by Gasteiger charge is -2.34. The van der Waals surface area contributed by atoms with Gasteiger partial charge in [-0.1, -0.05) is 29.8 Å². The smallest absolute Gasteiger partial charge is 0.227 e. The summed E-state index contributed by atoms with van der Waals surface area (Å²) in [4.78, 5) is 24.1. The fourth-order valence-electron chi connectivity index (χ4n) is 3.64. The topological polar surface area (TPSA) is 48.9 Å². The van der Waals surface area contributed by atoms with Crippen LogP contribution < -0.4 is 4.90 Å². The number of aromatic nitrogens is 1. The van der Waals surface area contributed by atoms with Gasteiger partial charge in [0.1, 0.15) is 0 Å². The molecule has 150 valence electrons. The molecule has 1 aromatic heterocycles. The highest BCUT2D eigenvalue weighted by Crippen LogP contribution is 2.23. The number of piperazine rings is 1. The number of aryl methyl sites for hydroxylation is 1. The zero-order chi connectivity index (χ0) is 19.3. The molecular weight excluding hydrogens is 372 g/mol. The second kappa shape index (κ2) is 9.03. The van der Waals surface area contributed by atoms with Crippen molar-refractivity contribution >= 4 is 22.4 Å². The second-order valence-corrected chi connectivity index (χ2v) is 8.38. The van der Waals surface area contributed by atoms with Crippen molar-refractivity contribution in [2.75, 3.05) is 57.4 Å². The van der Waals surface area contributed by atoms with Gasteiger partial charge in [0, 0.05) is 51.2 Å². The molecule has 2 aliphatic heterocycles. The molecule has 2 aromatic rings. The van der Waals surface area contributed by atoms with E-state index in [-0.39, 0.29) is 5.91 Å². The van der Waals surface area contributed by atoms with Gasteiger partial charge in [-0.25, -0.2) is 4.98 Å². The summed E-state index contributed by atoms with van der Waals surface area (Å²) in [6.07, 6.45) is 0.487. The number of hydrogen-bond donors (Lipinski definition) is 0. The molecule has 7 heteroatoms. The van der Waals surface area contributed by atoms with E-state index in [2.05, 4.69) is 46.4 Å². The van der Waals surface area contributed by atoms with Gasteiger partial charge in [0.15, 0.2) is 5.13 Å². The minimum Gasteiger partial charge on any atom is -0.379 e. The zero-order valence-electron chi connectivity index (χ0n) is 16.5. The average Bonchev–Trinajstić information content (AvgIpc) is 3.19. The normalized spacial score (nSPS) is 18.5. The van der Waals surface area contributed by atoms with Crippen LogP contribution in [0.2, 0.25) is 0 Å². The first-order chi connectivity index (χ1) is 13.7. The summed E-state index contributed by atoms with van der Waals surface area (Å²) < 4.78 is 5.41. The van der Waals surface area contributed by atoms with Gasteiger partial charge in [-0.3, -0.25) is 9.69 Å². The Balaban J connectivity index is 1.26. The Bertz CT molecular complexity index is 778. The molecule has 0 N–H and O–H groups in total. The van der Waals surface area contributed by atoms with Crippen molar-refractivity contribution in [2.45, 2.75) is 19.9 Å². The summed E-state index contributed by atoms with van der Waals surface area (Å²) in [5.74, 6) is 0.218. The molecular formula is C21H28N4O2S. The lowest BCUT2D eigenvalue weighted by atomic mass is 10.1. The third-order valence-corrected chi connectivity index (χ3v) is 6.36. The third-order valence-electron chi connectivity index (χ3n) is 5.41. The maximum absolute atomic E-state index is 12.6.